The van der Waals surface area contributed by atoms with Crippen molar-refractivity contribution < 1.29 is 13.6 Å². The number of nitrogens with one attached hydrogen (secondary N) is 1. The van der Waals surface area contributed by atoms with Gasteiger partial charge in [0.05, 0.1) is 17.7 Å². The summed E-state index contributed by atoms with van der Waals surface area (Å²) >= 11 is 1.08. The molecule has 7 nitrogen and oxygen atoms in total. The second-order valence-electron chi connectivity index (χ2n) is 6.14. The molecule has 142 valence electrons. The lowest BCUT2D eigenvalue weighted by molar-refractivity contribution is -0.115. The Morgan fingerprint density at radius 2 is 1.93 bits per heavy atom. The number of hydrogen-bond acceptors (Lipinski definition) is 6. The highest BCUT2D eigenvalue weighted by molar-refractivity contribution is 7.14. The summed E-state index contributed by atoms with van der Waals surface area (Å²) < 4.78 is 29.3. The fourth-order valence-corrected chi connectivity index (χ4v) is 3.50. The van der Waals surface area contributed by atoms with E-state index in [2.05, 4.69) is 25.4 Å². The van der Waals surface area contributed by atoms with E-state index in [4.69, 9.17) is 0 Å². The number of carbonyl (C=O) groups is 1. The molecule has 28 heavy (non-hydrogen) atoms. The van der Waals surface area contributed by atoms with Gasteiger partial charge in [-0.2, -0.15) is 4.98 Å². The summed E-state index contributed by atoms with van der Waals surface area (Å²) in [4.78, 5) is 24.9. The third-order valence-electron chi connectivity index (χ3n) is 3.95. The molecule has 4 rings (SSSR count). The maximum Gasteiger partial charge on any atom is 0.252 e. The van der Waals surface area contributed by atoms with Gasteiger partial charge in [0.1, 0.15) is 11.6 Å². The molecule has 0 saturated heterocycles. The smallest absolute Gasteiger partial charge is 0.252 e. The highest BCUT2D eigenvalue weighted by atomic mass is 32.1. The molecule has 0 spiro atoms. The quantitative estimate of drug-likeness (QED) is 0.568. The largest absolute Gasteiger partial charge is 0.302 e. The highest BCUT2D eigenvalue weighted by Gasteiger charge is 2.16. The number of fused-ring (bicyclic) bond motifs is 1. The van der Waals surface area contributed by atoms with Crippen LogP contribution in [-0.2, 0) is 11.2 Å². The number of rotatable bonds is 4. The molecular weight excluding hydrogens is 386 g/mol. The molecule has 10 heteroatoms. The Morgan fingerprint density at radius 3 is 2.68 bits per heavy atom. The van der Waals surface area contributed by atoms with Crippen LogP contribution >= 0.6 is 11.3 Å². The van der Waals surface area contributed by atoms with E-state index in [1.165, 1.54) is 11.4 Å². The number of hydrogen-bond donors (Lipinski definition) is 1. The van der Waals surface area contributed by atoms with Crippen LogP contribution in [0.5, 0.6) is 0 Å². The van der Waals surface area contributed by atoms with Gasteiger partial charge >= 0.3 is 0 Å². The first-order chi connectivity index (χ1) is 13.4. The first-order valence-corrected chi connectivity index (χ1v) is 9.18. The molecule has 1 N–H and O–H groups in total. The number of anilines is 1. The van der Waals surface area contributed by atoms with Crippen molar-refractivity contribution in [1.82, 2.24) is 24.6 Å². The molecule has 0 bridgehead atoms. The number of carbonyl (C=O) groups excluding carboxylic acids is 1. The molecule has 0 aliphatic heterocycles. The molecule has 1 aromatic carbocycles. The lowest BCUT2D eigenvalue weighted by atomic mass is 10.1. The second kappa shape index (κ2) is 7.04. The van der Waals surface area contributed by atoms with Crippen LogP contribution in [0, 0.1) is 25.5 Å². The molecular formula is C18H14F2N6OS. The molecule has 0 radical (unpaired) electrons. The minimum Gasteiger partial charge on any atom is -0.302 e. The van der Waals surface area contributed by atoms with Gasteiger partial charge in [0.2, 0.25) is 5.91 Å². The van der Waals surface area contributed by atoms with E-state index in [1.54, 1.807) is 4.52 Å². The Labute approximate surface area is 162 Å². The standard InChI is InChI=1S/C18H14F2N6OS/c1-9-6-10(2)26-17(21-9)23-14(25-26)7-15(27)24-18-22-13(8-28-18)16-11(19)4-3-5-12(16)20/h3-6,8H,7H2,1-2H3,(H,22,24,27). The van der Waals surface area contributed by atoms with Crippen molar-refractivity contribution in [3.63, 3.8) is 0 Å². The van der Waals surface area contributed by atoms with Crippen LogP contribution in [0.15, 0.2) is 29.6 Å². The maximum atomic E-state index is 13.9. The molecule has 4 aromatic rings. The number of aryl methyl sites for hydroxylation is 2. The molecule has 1 amide bonds. The summed E-state index contributed by atoms with van der Waals surface area (Å²) in [5.74, 6) is -1.08. The number of thiazole rings is 1. The lowest BCUT2D eigenvalue weighted by Gasteiger charge is -2.01. The Hall–Kier alpha value is -3.27. The molecule has 0 unspecified atom stereocenters. The minimum atomic E-state index is -0.713. The maximum absolute atomic E-state index is 13.9. The van der Waals surface area contributed by atoms with Crippen molar-refractivity contribution in [2.75, 3.05) is 5.32 Å². The molecule has 3 heterocycles. The van der Waals surface area contributed by atoms with Crippen LogP contribution in [0.1, 0.15) is 17.2 Å². The summed E-state index contributed by atoms with van der Waals surface area (Å²) in [5.41, 5.74) is 1.57. The average Bonchev–Trinajstić information content (AvgIpc) is 3.21. The summed E-state index contributed by atoms with van der Waals surface area (Å²) in [7, 11) is 0. The monoisotopic (exact) mass is 400 g/mol. The molecule has 0 saturated carbocycles. The van der Waals surface area contributed by atoms with E-state index in [0.717, 1.165) is 34.9 Å². The minimum absolute atomic E-state index is 0.0786. The normalized spacial score (nSPS) is 11.1. The van der Waals surface area contributed by atoms with Gasteiger partial charge in [-0.15, -0.1) is 16.4 Å². The predicted octanol–water partition coefficient (Wildman–Crippen LogP) is 3.32. The molecule has 0 aliphatic rings. The van der Waals surface area contributed by atoms with E-state index in [0.29, 0.717) is 11.6 Å². The van der Waals surface area contributed by atoms with E-state index in [-0.39, 0.29) is 28.7 Å². The van der Waals surface area contributed by atoms with Crippen LogP contribution < -0.4 is 5.32 Å². The first-order valence-electron chi connectivity index (χ1n) is 8.30. The van der Waals surface area contributed by atoms with Crippen molar-refractivity contribution in [2.24, 2.45) is 0 Å². The van der Waals surface area contributed by atoms with Gasteiger partial charge in [0.25, 0.3) is 5.78 Å². The van der Waals surface area contributed by atoms with Crippen LogP contribution in [0.2, 0.25) is 0 Å². The van der Waals surface area contributed by atoms with Gasteiger partial charge in [-0.1, -0.05) is 6.07 Å². The lowest BCUT2D eigenvalue weighted by Crippen LogP contribution is -2.15. The Balaban J connectivity index is 1.51. The third kappa shape index (κ3) is 3.46. The highest BCUT2D eigenvalue weighted by Crippen LogP contribution is 2.29. The molecule has 0 atom stereocenters. The zero-order chi connectivity index (χ0) is 19.8. The number of halogens is 2. The Morgan fingerprint density at radius 1 is 1.18 bits per heavy atom. The number of aromatic nitrogens is 5. The van der Waals surface area contributed by atoms with Crippen molar-refractivity contribution in [2.45, 2.75) is 20.3 Å². The van der Waals surface area contributed by atoms with Crippen LogP contribution in [0.25, 0.3) is 17.0 Å². The van der Waals surface area contributed by atoms with Crippen LogP contribution in [0.4, 0.5) is 13.9 Å². The van der Waals surface area contributed by atoms with Gasteiger partial charge in [0, 0.05) is 16.8 Å². The fraction of sp³-hybridized carbons (Fsp3) is 0.167. The molecule has 0 aliphatic carbocycles. The van der Waals surface area contributed by atoms with E-state index in [9.17, 15) is 13.6 Å². The first kappa shape index (κ1) is 18.1. The zero-order valence-corrected chi connectivity index (χ0v) is 15.7. The van der Waals surface area contributed by atoms with Gasteiger partial charge < -0.3 is 5.32 Å². The second-order valence-corrected chi connectivity index (χ2v) is 7.00. The zero-order valence-electron chi connectivity index (χ0n) is 14.9. The van der Waals surface area contributed by atoms with E-state index in [1.807, 2.05) is 19.9 Å². The third-order valence-corrected chi connectivity index (χ3v) is 4.71. The van der Waals surface area contributed by atoms with Crippen LogP contribution in [-0.4, -0.2) is 30.5 Å². The van der Waals surface area contributed by atoms with Gasteiger partial charge in [-0.05, 0) is 32.0 Å². The van der Waals surface area contributed by atoms with Crippen LogP contribution in [0.3, 0.4) is 0 Å². The SMILES string of the molecule is Cc1cc(C)n2nc(CC(=O)Nc3nc(-c4c(F)cccc4F)cs3)nc2n1. The Bertz CT molecular complexity index is 1180. The van der Waals surface area contributed by atoms with Crippen molar-refractivity contribution in [3.05, 3.63) is 58.5 Å². The summed E-state index contributed by atoms with van der Waals surface area (Å²) in [6.07, 6.45) is -0.0786. The topological polar surface area (TPSA) is 85.1 Å². The van der Waals surface area contributed by atoms with Gasteiger partial charge in [-0.3, -0.25) is 4.79 Å². The van der Waals surface area contributed by atoms with E-state index < -0.39 is 11.6 Å². The number of amides is 1. The van der Waals surface area contributed by atoms with Crippen molar-refractivity contribution in [1.29, 1.82) is 0 Å². The van der Waals surface area contributed by atoms with E-state index >= 15 is 0 Å². The summed E-state index contributed by atoms with van der Waals surface area (Å²) in [6, 6.07) is 5.46. The van der Waals surface area contributed by atoms with Gasteiger partial charge in [-0.25, -0.2) is 23.3 Å². The molecule has 3 aromatic heterocycles. The molecule has 0 fully saturated rings. The number of benzene rings is 1. The van der Waals surface area contributed by atoms with Crippen molar-refractivity contribution in [3.8, 4) is 11.3 Å². The fourth-order valence-electron chi connectivity index (χ4n) is 2.78. The van der Waals surface area contributed by atoms with Gasteiger partial charge in [0.15, 0.2) is 11.0 Å². The summed E-state index contributed by atoms with van der Waals surface area (Å²) in [6.45, 7) is 3.73. The summed E-state index contributed by atoms with van der Waals surface area (Å²) in [5, 5.41) is 8.60. The predicted molar refractivity (Wildman–Crippen MR) is 100 cm³/mol. The average molecular weight is 400 g/mol. The van der Waals surface area contributed by atoms with Crippen molar-refractivity contribution >= 4 is 28.2 Å². The number of nitrogens with zero attached hydrogens (tertiary/aromatic N) is 5. The Kier molecular flexibility index (Phi) is 4.55.